The fourth-order valence-electron chi connectivity index (χ4n) is 1.52. The van der Waals surface area contributed by atoms with Crippen molar-refractivity contribution in [2.75, 3.05) is 0 Å². The highest BCUT2D eigenvalue weighted by atomic mass is 15.3. The minimum atomic E-state index is 0.498. The highest BCUT2D eigenvalue weighted by molar-refractivity contribution is 5.32. The molecule has 0 fully saturated rings. The summed E-state index contributed by atoms with van der Waals surface area (Å²) >= 11 is 0. The van der Waals surface area contributed by atoms with E-state index in [1.165, 1.54) is 0 Å². The molecule has 0 saturated heterocycles. The van der Waals surface area contributed by atoms with Gasteiger partial charge in [-0.25, -0.2) is 0 Å². The number of rotatable bonds is 3. The lowest BCUT2D eigenvalue weighted by Gasteiger charge is -2.01. The topological polar surface area (TPSA) is 67.6 Å². The molecule has 2 rings (SSSR count). The van der Waals surface area contributed by atoms with Gasteiger partial charge in [-0.15, -0.1) is 0 Å². The van der Waals surface area contributed by atoms with Crippen molar-refractivity contribution in [1.29, 1.82) is 5.26 Å². The first-order valence-corrected chi connectivity index (χ1v) is 5.02. The first-order chi connectivity index (χ1) is 7.81. The Bertz CT molecular complexity index is 522. The van der Waals surface area contributed by atoms with Crippen molar-refractivity contribution in [2.24, 2.45) is 5.73 Å². The third-order valence-corrected chi connectivity index (χ3v) is 2.32. The van der Waals surface area contributed by atoms with Gasteiger partial charge in [0.1, 0.15) is 0 Å². The number of aromatic nitrogens is 2. The second-order valence-electron chi connectivity index (χ2n) is 3.56. The van der Waals surface area contributed by atoms with Crippen LogP contribution >= 0.6 is 0 Å². The van der Waals surface area contributed by atoms with Gasteiger partial charge in [0.15, 0.2) is 0 Å². The van der Waals surface area contributed by atoms with Crippen LogP contribution in [0.25, 0.3) is 0 Å². The maximum atomic E-state index is 8.78. The number of nitriles is 1. The second kappa shape index (κ2) is 4.60. The smallest absolute Gasteiger partial charge is 0.0991 e. The van der Waals surface area contributed by atoms with E-state index in [2.05, 4.69) is 11.2 Å². The zero-order valence-electron chi connectivity index (χ0n) is 8.80. The number of nitrogens with two attached hydrogens (primary N) is 1. The molecule has 0 unspecified atom stereocenters. The lowest BCUT2D eigenvalue weighted by molar-refractivity contribution is 0.686. The summed E-state index contributed by atoms with van der Waals surface area (Å²) < 4.78 is 1.82. The molecule has 1 heterocycles. The molecule has 0 radical (unpaired) electrons. The van der Waals surface area contributed by atoms with E-state index in [-0.39, 0.29) is 0 Å². The predicted octanol–water partition coefficient (Wildman–Crippen LogP) is 1.26. The Kier molecular flexibility index (Phi) is 2.99. The molecule has 0 spiro atoms. The van der Waals surface area contributed by atoms with E-state index >= 15 is 0 Å². The summed E-state index contributed by atoms with van der Waals surface area (Å²) in [7, 11) is 0. The number of nitrogens with zero attached hydrogens (tertiary/aromatic N) is 3. The van der Waals surface area contributed by atoms with E-state index < -0.39 is 0 Å². The van der Waals surface area contributed by atoms with Crippen LogP contribution in [0.1, 0.15) is 16.7 Å². The summed E-state index contributed by atoms with van der Waals surface area (Å²) in [6, 6.07) is 9.63. The van der Waals surface area contributed by atoms with E-state index in [9.17, 15) is 0 Å². The molecule has 0 aliphatic heterocycles. The molecule has 80 valence electrons. The Balaban J connectivity index is 2.17. The van der Waals surface area contributed by atoms with Crippen LogP contribution in [0.5, 0.6) is 0 Å². The van der Waals surface area contributed by atoms with E-state index in [1.807, 2.05) is 29.1 Å². The predicted molar refractivity (Wildman–Crippen MR) is 60.4 cm³/mol. The summed E-state index contributed by atoms with van der Waals surface area (Å²) in [5.74, 6) is 0. The first kappa shape index (κ1) is 10.4. The Morgan fingerprint density at radius 2 is 2.25 bits per heavy atom. The van der Waals surface area contributed by atoms with E-state index in [0.29, 0.717) is 18.7 Å². The van der Waals surface area contributed by atoms with E-state index in [4.69, 9.17) is 11.0 Å². The van der Waals surface area contributed by atoms with Gasteiger partial charge in [0.2, 0.25) is 0 Å². The van der Waals surface area contributed by atoms with Gasteiger partial charge >= 0.3 is 0 Å². The lowest BCUT2D eigenvalue weighted by Crippen LogP contribution is -2.00. The van der Waals surface area contributed by atoms with Crippen LogP contribution in [-0.4, -0.2) is 9.78 Å². The largest absolute Gasteiger partial charge is 0.326 e. The molecule has 0 aliphatic carbocycles. The van der Waals surface area contributed by atoms with E-state index in [1.54, 1.807) is 12.3 Å². The SMILES string of the molecule is N#Cc1cccc(Cn2cc(CN)cn2)c1. The molecule has 16 heavy (non-hydrogen) atoms. The summed E-state index contributed by atoms with van der Waals surface area (Å²) in [5, 5.41) is 13.0. The molecule has 1 aromatic heterocycles. The zero-order valence-corrected chi connectivity index (χ0v) is 8.80. The Morgan fingerprint density at radius 1 is 1.38 bits per heavy atom. The molecule has 4 heteroatoms. The van der Waals surface area contributed by atoms with Gasteiger partial charge in [0, 0.05) is 18.3 Å². The molecule has 0 amide bonds. The van der Waals surface area contributed by atoms with Crippen molar-refractivity contribution >= 4 is 0 Å². The molecular formula is C12H12N4. The highest BCUT2D eigenvalue weighted by Crippen LogP contribution is 2.06. The van der Waals surface area contributed by atoms with Crippen molar-refractivity contribution in [3.63, 3.8) is 0 Å². The summed E-state index contributed by atoms with van der Waals surface area (Å²) in [5.41, 5.74) is 8.25. The molecule has 2 N–H and O–H groups in total. The van der Waals surface area contributed by atoms with E-state index in [0.717, 1.165) is 11.1 Å². The van der Waals surface area contributed by atoms with Crippen LogP contribution in [0.15, 0.2) is 36.7 Å². The maximum Gasteiger partial charge on any atom is 0.0991 e. The molecular weight excluding hydrogens is 200 g/mol. The molecule has 0 saturated carbocycles. The second-order valence-corrected chi connectivity index (χ2v) is 3.56. The van der Waals surface area contributed by atoms with Crippen molar-refractivity contribution < 1.29 is 0 Å². The van der Waals surface area contributed by atoms with Crippen LogP contribution in [-0.2, 0) is 13.1 Å². The summed E-state index contributed by atoms with van der Waals surface area (Å²) in [6.07, 6.45) is 3.67. The van der Waals surface area contributed by atoms with Crippen LogP contribution < -0.4 is 5.73 Å². The van der Waals surface area contributed by atoms with Crippen molar-refractivity contribution in [3.8, 4) is 6.07 Å². The maximum absolute atomic E-state index is 8.78. The lowest BCUT2D eigenvalue weighted by atomic mass is 10.1. The summed E-state index contributed by atoms with van der Waals surface area (Å²) in [6.45, 7) is 1.16. The molecule has 1 aromatic carbocycles. The number of hydrogen-bond acceptors (Lipinski definition) is 3. The molecule has 0 atom stereocenters. The quantitative estimate of drug-likeness (QED) is 0.832. The normalized spacial score (nSPS) is 10.0. The van der Waals surface area contributed by atoms with Gasteiger partial charge in [-0.05, 0) is 17.7 Å². The fraction of sp³-hybridized carbons (Fsp3) is 0.167. The average Bonchev–Trinajstić information content (AvgIpc) is 2.77. The van der Waals surface area contributed by atoms with Gasteiger partial charge in [-0.1, -0.05) is 12.1 Å². The molecule has 0 bridgehead atoms. The van der Waals surface area contributed by atoms with Gasteiger partial charge < -0.3 is 5.73 Å². The third kappa shape index (κ3) is 2.27. The Labute approximate surface area is 93.9 Å². The first-order valence-electron chi connectivity index (χ1n) is 5.02. The summed E-state index contributed by atoms with van der Waals surface area (Å²) in [4.78, 5) is 0. The third-order valence-electron chi connectivity index (χ3n) is 2.32. The minimum Gasteiger partial charge on any atom is -0.326 e. The van der Waals surface area contributed by atoms with Gasteiger partial charge in [0.05, 0.1) is 24.4 Å². The Morgan fingerprint density at radius 3 is 2.94 bits per heavy atom. The van der Waals surface area contributed by atoms with Gasteiger partial charge in [-0.2, -0.15) is 10.4 Å². The molecule has 2 aromatic rings. The fourth-order valence-corrected chi connectivity index (χ4v) is 1.52. The van der Waals surface area contributed by atoms with Crippen LogP contribution in [0.4, 0.5) is 0 Å². The highest BCUT2D eigenvalue weighted by Gasteiger charge is 1.99. The molecule has 0 aliphatic rings. The zero-order chi connectivity index (χ0) is 11.4. The van der Waals surface area contributed by atoms with Gasteiger partial charge in [-0.3, -0.25) is 4.68 Å². The number of benzene rings is 1. The average molecular weight is 212 g/mol. The van der Waals surface area contributed by atoms with Crippen molar-refractivity contribution in [3.05, 3.63) is 53.3 Å². The van der Waals surface area contributed by atoms with Gasteiger partial charge in [0.25, 0.3) is 0 Å². The van der Waals surface area contributed by atoms with Crippen LogP contribution in [0.2, 0.25) is 0 Å². The van der Waals surface area contributed by atoms with Crippen molar-refractivity contribution in [2.45, 2.75) is 13.1 Å². The standard InChI is InChI=1S/C12H12N4/c13-5-10-2-1-3-11(4-10)8-16-9-12(6-14)7-15-16/h1-4,7,9H,6,8,14H2. The minimum absolute atomic E-state index is 0.498. The Hall–Kier alpha value is -2.12. The monoisotopic (exact) mass is 212 g/mol. The van der Waals surface area contributed by atoms with Crippen LogP contribution in [0.3, 0.4) is 0 Å². The van der Waals surface area contributed by atoms with Crippen molar-refractivity contribution in [1.82, 2.24) is 9.78 Å². The number of hydrogen-bond donors (Lipinski definition) is 1. The van der Waals surface area contributed by atoms with Crippen LogP contribution in [0, 0.1) is 11.3 Å². The molecule has 4 nitrogen and oxygen atoms in total.